The Balaban J connectivity index is 1.81. The van der Waals surface area contributed by atoms with E-state index in [0.29, 0.717) is 11.3 Å². The third-order valence-corrected chi connectivity index (χ3v) is 5.67. The second kappa shape index (κ2) is 7.22. The normalized spacial score (nSPS) is 17.0. The molecule has 2 aromatic rings. The van der Waals surface area contributed by atoms with Crippen LogP contribution in [0.1, 0.15) is 53.0 Å². The smallest absolute Gasteiger partial charge is 0.375 e. The van der Waals surface area contributed by atoms with E-state index in [9.17, 15) is 18.0 Å². The molecule has 0 bridgehead atoms. The standard InChI is InChI=1S/C17H19F3N4OS/c18-17(19,20)13-12(26-15(21)24-13)14(25)23-10-16(6-2-1-3-7-16)11-5-4-8-22-9-11/h4-5,8-9H,1-3,6-7,10H2,(H2,21,24)(H,23,25). The zero-order chi connectivity index (χ0) is 18.8. The maximum absolute atomic E-state index is 13.1. The molecule has 1 saturated carbocycles. The number of rotatable bonds is 4. The van der Waals surface area contributed by atoms with E-state index in [1.165, 1.54) is 0 Å². The Morgan fingerprint density at radius 3 is 2.65 bits per heavy atom. The summed E-state index contributed by atoms with van der Waals surface area (Å²) in [5.74, 6) is -0.791. The van der Waals surface area contributed by atoms with Gasteiger partial charge in [-0.1, -0.05) is 36.7 Å². The van der Waals surface area contributed by atoms with Gasteiger partial charge in [-0.05, 0) is 24.5 Å². The molecule has 3 N–H and O–H groups in total. The van der Waals surface area contributed by atoms with Gasteiger partial charge in [0.1, 0.15) is 4.88 Å². The number of nitrogens with one attached hydrogen (secondary N) is 1. The third kappa shape index (κ3) is 3.82. The SMILES string of the molecule is Nc1nc(C(F)(F)F)c(C(=O)NCC2(c3cccnc3)CCCCC2)s1. The number of hydrogen-bond donors (Lipinski definition) is 2. The van der Waals surface area contributed by atoms with Gasteiger partial charge in [0.25, 0.3) is 5.91 Å². The molecule has 5 nitrogen and oxygen atoms in total. The van der Waals surface area contributed by atoms with E-state index in [1.54, 1.807) is 12.4 Å². The summed E-state index contributed by atoms with van der Waals surface area (Å²) in [6.07, 6.45) is 3.56. The van der Waals surface area contributed by atoms with Crippen molar-refractivity contribution in [3.8, 4) is 0 Å². The summed E-state index contributed by atoms with van der Waals surface area (Å²) in [4.78, 5) is 19.4. The Kier molecular flexibility index (Phi) is 5.17. The molecule has 3 rings (SSSR count). The molecule has 140 valence electrons. The molecule has 0 radical (unpaired) electrons. The Morgan fingerprint density at radius 1 is 1.31 bits per heavy atom. The molecule has 0 aliphatic heterocycles. The minimum Gasteiger partial charge on any atom is -0.375 e. The van der Waals surface area contributed by atoms with Crippen molar-refractivity contribution in [2.45, 2.75) is 43.7 Å². The van der Waals surface area contributed by atoms with E-state index in [-0.39, 0.29) is 17.1 Å². The molecule has 9 heteroatoms. The molecule has 1 aliphatic rings. The molecule has 1 amide bonds. The van der Waals surface area contributed by atoms with Gasteiger partial charge in [0, 0.05) is 24.4 Å². The number of nitrogens with zero attached hydrogens (tertiary/aromatic N) is 2. The van der Waals surface area contributed by atoms with Crippen molar-refractivity contribution in [3.63, 3.8) is 0 Å². The van der Waals surface area contributed by atoms with Crippen LogP contribution in [-0.4, -0.2) is 22.4 Å². The fourth-order valence-corrected chi connectivity index (χ4v) is 4.25. The monoisotopic (exact) mass is 384 g/mol. The van der Waals surface area contributed by atoms with Gasteiger partial charge in [-0.3, -0.25) is 9.78 Å². The van der Waals surface area contributed by atoms with E-state index >= 15 is 0 Å². The number of hydrogen-bond acceptors (Lipinski definition) is 5. The molecule has 26 heavy (non-hydrogen) atoms. The molecule has 0 saturated heterocycles. The highest BCUT2D eigenvalue weighted by molar-refractivity contribution is 7.17. The first-order chi connectivity index (χ1) is 12.3. The first-order valence-corrected chi connectivity index (χ1v) is 9.16. The zero-order valence-corrected chi connectivity index (χ0v) is 14.8. The molecular weight excluding hydrogens is 365 g/mol. The predicted octanol–water partition coefficient (Wildman–Crippen LogP) is 3.77. The van der Waals surface area contributed by atoms with Crippen LogP contribution in [0.2, 0.25) is 0 Å². The number of carbonyl (C=O) groups is 1. The van der Waals surface area contributed by atoms with E-state index in [1.807, 2.05) is 12.1 Å². The highest BCUT2D eigenvalue weighted by atomic mass is 32.1. The number of aromatic nitrogens is 2. The summed E-state index contributed by atoms with van der Waals surface area (Å²) in [7, 11) is 0. The van der Waals surface area contributed by atoms with Crippen molar-refractivity contribution in [3.05, 3.63) is 40.7 Å². The van der Waals surface area contributed by atoms with Crippen LogP contribution in [-0.2, 0) is 11.6 Å². The highest BCUT2D eigenvalue weighted by Crippen LogP contribution is 2.39. The average molecular weight is 384 g/mol. The minimum atomic E-state index is -4.72. The molecule has 0 atom stereocenters. The first kappa shape index (κ1) is 18.6. The molecule has 1 fully saturated rings. The number of thiazole rings is 1. The van der Waals surface area contributed by atoms with Crippen LogP contribution >= 0.6 is 11.3 Å². The quantitative estimate of drug-likeness (QED) is 0.841. The van der Waals surface area contributed by atoms with Gasteiger partial charge in [0.05, 0.1) is 0 Å². The van der Waals surface area contributed by atoms with Crippen molar-refractivity contribution in [2.24, 2.45) is 0 Å². The van der Waals surface area contributed by atoms with Crippen LogP contribution in [0, 0.1) is 0 Å². The summed E-state index contributed by atoms with van der Waals surface area (Å²) in [6, 6.07) is 3.79. The largest absolute Gasteiger partial charge is 0.435 e. The molecule has 0 unspecified atom stereocenters. The van der Waals surface area contributed by atoms with Gasteiger partial charge >= 0.3 is 6.18 Å². The number of alkyl halides is 3. The molecule has 2 heterocycles. The van der Waals surface area contributed by atoms with Crippen LogP contribution < -0.4 is 11.1 Å². The van der Waals surface area contributed by atoms with Crippen molar-refractivity contribution in [1.29, 1.82) is 0 Å². The fraction of sp³-hybridized carbons (Fsp3) is 0.471. The van der Waals surface area contributed by atoms with Gasteiger partial charge in [0.2, 0.25) is 0 Å². The van der Waals surface area contributed by atoms with E-state index < -0.39 is 22.7 Å². The Hall–Kier alpha value is -2.16. The van der Waals surface area contributed by atoms with Crippen LogP contribution in [0.25, 0.3) is 0 Å². The molecule has 0 aromatic carbocycles. The van der Waals surface area contributed by atoms with Gasteiger partial charge in [-0.25, -0.2) is 4.98 Å². The number of nitrogens with two attached hydrogens (primary N) is 1. The molecule has 0 spiro atoms. The van der Waals surface area contributed by atoms with Gasteiger partial charge < -0.3 is 11.1 Å². The maximum atomic E-state index is 13.1. The Bertz CT molecular complexity index is 770. The first-order valence-electron chi connectivity index (χ1n) is 8.34. The highest BCUT2D eigenvalue weighted by Gasteiger charge is 2.40. The molecule has 2 aromatic heterocycles. The number of anilines is 1. The maximum Gasteiger partial charge on any atom is 0.435 e. The number of nitrogen functional groups attached to an aromatic ring is 1. The summed E-state index contributed by atoms with van der Waals surface area (Å²) in [6.45, 7) is 0.257. The zero-order valence-electron chi connectivity index (χ0n) is 14.0. The van der Waals surface area contributed by atoms with Crippen molar-refractivity contribution < 1.29 is 18.0 Å². The second-order valence-electron chi connectivity index (χ2n) is 6.49. The lowest BCUT2D eigenvalue weighted by atomic mass is 9.70. The van der Waals surface area contributed by atoms with Crippen molar-refractivity contribution >= 4 is 22.4 Å². The number of carbonyl (C=O) groups excluding carboxylic acids is 1. The second-order valence-corrected chi connectivity index (χ2v) is 7.52. The third-order valence-electron chi connectivity index (χ3n) is 4.79. The van der Waals surface area contributed by atoms with Crippen LogP contribution in [0.5, 0.6) is 0 Å². The van der Waals surface area contributed by atoms with Crippen LogP contribution in [0.15, 0.2) is 24.5 Å². The lowest BCUT2D eigenvalue weighted by molar-refractivity contribution is -0.141. The topological polar surface area (TPSA) is 80.9 Å². The van der Waals surface area contributed by atoms with Gasteiger partial charge in [-0.15, -0.1) is 0 Å². The van der Waals surface area contributed by atoms with Crippen molar-refractivity contribution in [2.75, 3.05) is 12.3 Å². The van der Waals surface area contributed by atoms with E-state index in [2.05, 4.69) is 15.3 Å². The fourth-order valence-electron chi connectivity index (χ4n) is 3.48. The number of pyridine rings is 1. The lowest BCUT2D eigenvalue weighted by Gasteiger charge is -2.37. The summed E-state index contributed by atoms with van der Waals surface area (Å²) in [5, 5.41) is 2.41. The van der Waals surface area contributed by atoms with Crippen LogP contribution in [0.3, 0.4) is 0 Å². The summed E-state index contributed by atoms with van der Waals surface area (Å²) in [5.41, 5.74) is 4.85. The summed E-state index contributed by atoms with van der Waals surface area (Å²) >= 11 is 0.553. The van der Waals surface area contributed by atoms with E-state index in [0.717, 1.165) is 37.7 Å². The Morgan fingerprint density at radius 2 is 2.04 bits per heavy atom. The van der Waals surface area contributed by atoms with E-state index in [4.69, 9.17) is 5.73 Å². The average Bonchev–Trinajstić information content (AvgIpc) is 3.04. The summed E-state index contributed by atoms with van der Waals surface area (Å²) < 4.78 is 39.2. The molecular formula is C17H19F3N4OS. The molecule has 1 aliphatic carbocycles. The van der Waals surface area contributed by atoms with Gasteiger partial charge in [0.15, 0.2) is 10.8 Å². The predicted molar refractivity (Wildman–Crippen MR) is 92.9 cm³/mol. The van der Waals surface area contributed by atoms with Crippen molar-refractivity contribution in [1.82, 2.24) is 15.3 Å². The van der Waals surface area contributed by atoms with Crippen LogP contribution in [0.4, 0.5) is 18.3 Å². The number of amides is 1. The minimum absolute atomic E-state index is 0.257. The Labute approximate surface area is 152 Å². The number of halogens is 3. The lowest BCUT2D eigenvalue weighted by Crippen LogP contribution is -2.42. The van der Waals surface area contributed by atoms with Gasteiger partial charge in [-0.2, -0.15) is 13.2 Å².